The number of rotatable bonds is 10. The lowest BCUT2D eigenvalue weighted by Gasteiger charge is -2.21. The third-order valence-electron chi connectivity index (χ3n) is 2.51. The smallest absolute Gasteiger partial charge is 0.429 e. The molecule has 0 heterocycles. The Hall–Kier alpha value is -1.80. The van der Waals surface area contributed by atoms with Gasteiger partial charge in [0.05, 0.1) is 12.2 Å². The van der Waals surface area contributed by atoms with Crippen molar-refractivity contribution in [2.75, 3.05) is 19.8 Å². The molecule has 0 aliphatic carbocycles. The summed E-state index contributed by atoms with van der Waals surface area (Å²) >= 11 is 0. The zero-order valence-electron chi connectivity index (χ0n) is 14.4. The van der Waals surface area contributed by atoms with Crippen LogP contribution < -0.4 is 0 Å². The molecule has 0 aliphatic heterocycles. The van der Waals surface area contributed by atoms with E-state index in [1.54, 1.807) is 0 Å². The van der Waals surface area contributed by atoms with Crippen LogP contribution in [0.15, 0.2) is 11.8 Å². The van der Waals surface area contributed by atoms with Gasteiger partial charge < -0.3 is 14.4 Å². The molecular formula is C15H26O8. The molecule has 0 atom stereocenters. The van der Waals surface area contributed by atoms with Crippen molar-refractivity contribution >= 4 is 12.1 Å². The normalized spacial score (nSPS) is 11.8. The van der Waals surface area contributed by atoms with E-state index in [0.717, 1.165) is 19.1 Å². The largest absolute Gasteiger partial charge is 0.549 e. The molecule has 0 aromatic carbocycles. The van der Waals surface area contributed by atoms with Crippen LogP contribution in [0.1, 0.15) is 47.5 Å². The van der Waals surface area contributed by atoms with Gasteiger partial charge >= 0.3 is 12.1 Å². The highest BCUT2D eigenvalue weighted by Gasteiger charge is 2.19. The summed E-state index contributed by atoms with van der Waals surface area (Å²) in [6, 6.07) is 0. The van der Waals surface area contributed by atoms with Crippen LogP contribution in [0, 0.1) is 0 Å². The van der Waals surface area contributed by atoms with Crippen molar-refractivity contribution < 1.29 is 38.6 Å². The van der Waals surface area contributed by atoms with E-state index in [0.29, 0.717) is 6.61 Å². The molecule has 0 bridgehead atoms. The number of carbonyl (C=O) groups excluding carboxylic acids is 2. The zero-order valence-corrected chi connectivity index (χ0v) is 14.4. The van der Waals surface area contributed by atoms with Gasteiger partial charge in [-0.25, -0.2) is 14.6 Å². The third-order valence-corrected chi connectivity index (χ3v) is 2.51. The van der Waals surface area contributed by atoms with E-state index < -0.39 is 17.7 Å². The quantitative estimate of drug-likeness (QED) is 0.150. The lowest BCUT2D eigenvalue weighted by atomic mass is 10.0. The van der Waals surface area contributed by atoms with Gasteiger partial charge in [0.25, 0.3) is 0 Å². The highest BCUT2D eigenvalue weighted by molar-refractivity contribution is 5.87. The van der Waals surface area contributed by atoms with E-state index in [-0.39, 0.29) is 18.8 Å². The van der Waals surface area contributed by atoms with Crippen molar-refractivity contribution in [1.29, 1.82) is 0 Å². The predicted molar refractivity (Wildman–Crippen MR) is 79.9 cm³/mol. The van der Waals surface area contributed by atoms with E-state index in [1.165, 1.54) is 6.92 Å². The molecule has 134 valence electrons. The Bertz CT molecular complexity index is 389. The fraction of sp³-hybridized carbons (Fsp3) is 0.733. The summed E-state index contributed by atoms with van der Waals surface area (Å²) in [6.07, 6.45) is 1.66. The van der Waals surface area contributed by atoms with Crippen LogP contribution >= 0.6 is 0 Å². The van der Waals surface area contributed by atoms with E-state index >= 15 is 0 Å². The molecule has 0 aromatic rings. The molecule has 23 heavy (non-hydrogen) atoms. The molecule has 8 heteroatoms. The van der Waals surface area contributed by atoms with Gasteiger partial charge in [-0.15, -0.1) is 0 Å². The minimum atomic E-state index is -1.13. The van der Waals surface area contributed by atoms with Crippen molar-refractivity contribution in [2.24, 2.45) is 0 Å². The highest BCUT2D eigenvalue weighted by Crippen LogP contribution is 2.17. The molecule has 8 nitrogen and oxygen atoms in total. The predicted octanol–water partition coefficient (Wildman–Crippen LogP) is 3.07. The van der Waals surface area contributed by atoms with Crippen LogP contribution in [-0.2, 0) is 33.8 Å². The van der Waals surface area contributed by atoms with Gasteiger partial charge in [0.2, 0.25) is 0 Å². The summed E-state index contributed by atoms with van der Waals surface area (Å²) in [7, 11) is 0. The fourth-order valence-electron chi connectivity index (χ4n) is 1.41. The molecule has 0 aromatic heterocycles. The highest BCUT2D eigenvalue weighted by atomic mass is 17.2. The second-order valence-corrected chi connectivity index (χ2v) is 5.24. The van der Waals surface area contributed by atoms with Gasteiger partial charge in [-0.2, -0.15) is 9.68 Å². The molecule has 0 N–H and O–H groups in total. The average molecular weight is 334 g/mol. The molecule has 0 radical (unpaired) electrons. The van der Waals surface area contributed by atoms with Crippen molar-refractivity contribution in [3.63, 3.8) is 0 Å². The van der Waals surface area contributed by atoms with Crippen molar-refractivity contribution in [1.82, 2.24) is 0 Å². The summed E-state index contributed by atoms with van der Waals surface area (Å²) in [6.45, 7) is 9.72. The Morgan fingerprint density at radius 3 is 2.39 bits per heavy atom. The Kier molecular flexibility index (Phi) is 10.8. The summed E-state index contributed by atoms with van der Waals surface area (Å²) in [4.78, 5) is 41.1. The van der Waals surface area contributed by atoms with Gasteiger partial charge in [0.15, 0.2) is 0 Å². The minimum Gasteiger partial charge on any atom is -0.429 e. The summed E-state index contributed by atoms with van der Waals surface area (Å²) in [5, 5.41) is 0. The number of hydrogen-bond acceptors (Lipinski definition) is 8. The first kappa shape index (κ1) is 21.2. The Balaban J connectivity index is 4.00. The summed E-state index contributed by atoms with van der Waals surface area (Å²) < 4.78 is 9.54. The summed E-state index contributed by atoms with van der Waals surface area (Å²) in [5.74, 6) is -0.899. The fourth-order valence-corrected chi connectivity index (χ4v) is 1.41. The lowest BCUT2D eigenvalue weighted by molar-refractivity contribution is -0.318. The van der Waals surface area contributed by atoms with Gasteiger partial charge in [-0.1, -0.05) is 13.3 Å². The van der Waals surface area contributed by atoms with Crippen LogP contribution in [0.25, 0.3) is 0 Å². The maximum atomic E-state index is 11.5. The van der Waals surface area contributed by atoms with Crippen LogP contribution in [0.3, 0.4) is 0 Å². The Morgan fingerprint density at radius 1 is 1.09 bits per heavy atom. The van der Waals surface area contributed by atoms with E-state index in [1.807, 2.05) is 27.7 Å². The molecule has 0 saturated heterocycles. The average Bonchev–Trinajstić information content (AvgIpc) is 2.48. The van der Waals surface area contributed by atoms with E-state index in [9.17, 15) is 9.59 Å². The van der Waals surface area contributed by atoms with Gasteiger partial charge in [-0.05, 0) is 34.1 Å². The first-order valence-electron chi connectivity index (χ1n) is 7.47. The number of ether oxygens (including phenoxy) is 2. The van der Waals surface area contributed by atoms with Crippen LogP contribution in [0.2, 0.25) is 0 Å². The molecule has 0 spiro atoms. The van der Waals surface area contributed by atoms with Gasteiger partial charge in [-0.3, -0.25) is 0 Å². The standard InChI is InChI=1S/C15H26O8/c1-6-8-15(4,5)23-20-11-12(3)13(16)21-22-14(17)19-10-9-18-7-2/h11H,6-10H2,1-5H3. The van der Waals surface area contributed by atoms with Gasteiger partial charge in [0.1, 0.15) is 18.5 Å². The minimum absolute atomic E-state index is 0.00249. The Morgan fingerprint density at radius 2 is 1.78 bits per heavy atom. The second-order valence-electron chi connectivity index (χ2n) is 5.24. The first-order chi connectivity index (χ1) is 10.8. The zero-order chi connectivity index (χ0) is 17.7. The van der Waals surface area contributed by atoms with Gasteiger partial charge in [0, 0.05) is 6.61 Å². The number of carbonyl (C=O) groups is 2. The molecular weight excluding hydrogens is 308 g/mol. The van der Waals surface area contributed by atoms with Crippen molar-refractivity contribution in [3.8, 4) is 0 Å². The molecule has 0 aliphatic rings. The van der Waals surface area contributed by atoms with Crippen LogP contribution in [0.4, 0.5) is 4.79 Å². The SMILES string of the molecule is CCCC(C)(C)OOC=C(C)C(=O)OOC(=O)OCCOCC. The first-order valence-corrected chi connectivity index (χ1v) is 7.47. The second kappa shape index (κ2) is 11.7. The van der Waals surface area contributed by atoms with E-state index in [2.05, 4.69) is 14.5 Å². The topological polar surface area (TPSA) is 89.5 Å². The monoisotopic (exact) mass is 334 g/mol. The van der Waals surface area contributed by atoms with Crippen molar-refractivity contribution in [3.05, 3.63) is 11.8 Å². The van der Waals surface area contributed by atoms with E-state index in [4.69, 9.17) is 14.5 Å². The van der Waals surface area contributed by atoms with Crippen LogP contribution in [-0.4, -0.2) is 37.5 Å². The molecule has 0 rings (SSSR count). The van der Waals surface area contributed by atoms with Crippen LogP contribution in [0.5, 0.6) is 0 Å². The maximum absolute atomic E-state index is 11.5. The molecule has 0 amide bonds. The molecule has 0 fully saturated rings. The lowest BCUT2D eigenvalue weighted by Crippen LogP contribution is -2.23. The Labute approximate surface area is 136 Å². The molecule has 0 unspecified atom stereocenters. The summed E-state index contributed by atoms with van der Waals surface area (Å²) in [5.41, 5.74) is -0.421. The molecule has 0 saturated carbocycles. The third kappa shape index (κ3) is 11.4. The van der Waals surface area contributed by atoms with Crippen molar-refractivity contribution in [2.45, 2.75) is 53.1 Å². The number of hydrogen-bond donors (Lipinski definition) is 0. The maximum Gasteiger partial charge on any atom is 0.549 e.